The van der Waals surface area contributed by atoms with Gasteiger partial charge in [-0.05, 0) is 72.8 Å². The third kappa shape index (κ3) is 5.13. The number of allylic oxidation sites excluding steroid dienone is 4. The molecule has 0 aliphatic heterocycles. The summed E-state index contributed by atoms with van der Waals surface area (Å²) >= 11 is 0. The molecule has 3 aromatic heterocycles. The van der Waals surface area contributed by atoms with Gasteiger partial charge in [-0.25, -0.2) is 0 Å². The van der Waals surface area contributed by atoms with Crippen LogP contribution in [-0.4, -0.2) is 4.57 Å². The van der Waals surface area contributed by atoms with Crippen molar-refractivity contribution in [2.75, 3.05) is 0 Å². The molecule has 8 nitrogen and oxygen atoms in total. The second-order valence-corrected chi connectivity index (χ2v) is 7.45. The molecule has 37 heavy (non-hydrogen) atoms. The summed E-state index contributed by atoms with van der Waals surface area (Å²) in [4.78, 5) is 0. The third-order valence-corrected chi connectivity index (χ3v) is 5.19. The van der Waals surface area contributed by atoms with Gasteiger partial charge >= 0.3 is 0 Å². The van der Waals surface area contributed by atoms with Gasteiger partial charge in [-0.2, -0.15) is 26.3 Å². The first-order chi connectivity index (χ1) is 18.1. The predicted octanol–water partition coefficient (Wildman–Crippen LogP) is 6.29. The van der Waals surface area contributed by atoms with E-state index in [4.69, 9.17) is 29.9 Å². The second kappa shape index (κ2) is 10.8. The summed E-state index contributed by atoms with van der Waals surface area (Å²) in [5.41, 5.74) is 2.55. The molecule has 0 atom stereocenters. The molecule has 0 saturated heterocycles. The first-order valence-corrected chi connectivity index (χ1v) is 10.7. The number of nitrogens with zero attached hydrogens (tertiary/aromatic N) is 6. The summed E-state index contributed by atoms with van der Waals surface area (Å²) < 4.78 is 13.8. The summed E-state index contributed by atoms with van der Waals surface area (Å²) in [6.45, 7) is 0. The number of hydrogen-bond acceptors (Lipinski definition) is 7. The molecule has 1 aromatic carbocycles. The summed E-state index contributed by atoms with van der Waals surface area (Å²) in [5, 5.41) is 45.0. The van der Waals surface area contributed by atoms with Gasteiger partial charge in [-0.3, -0.25) is 0 Å². The van der Waals surface area contributed by atoms with Crippen molar-refractivity contribution in [3.8, 4) is 58.9 Å². The van der Waals surface area contributed by atoms with E-state index in [0.29, 0.717) is 40.0 Å². The van der Waals surface area contributed by atoms with Gasteiger partial charge in [0.15, 0.2) is 11.5 Å². The highest BCUT2D eigenvalue weighted by atomic mass is 16.3. The van der Waals surface area contributed by atoms with Crippen LogP contribution in [0, 0.1) is 56.7 Å². The van der Waals surface area contributed by atoms with Crippen molar-refractivity contribution in [3.63, 3.8) is 0 Å². The molecule has 4 aromatic rings. The zero-order valence-electron chi connectivity index (χ0n) is 19.1. The minimum Gasteiger partial charge on any atom is -0.455 e. The van der Waals surface area contributed by atoms with E-state index in [1.54, 1.807) is 72.8 Å². The van der Waals surface area contributed by atoms with Gasteiger partial charge in [0.1, 0.15) is 46.9 Å². The van der Waals surface area contributed by atoms with Crippen molar-refractivity contribution in [2.24, 2.45) is 0 Å². The highest BCUT2D eigenvalue weighted by Gasteiger charge is 2.18. The highest BCUT2D eigenvalue weighted by molar-refractivity contribution is 5.70. The lowest BCUT2D eigenvalue weighted by Crippen LogP contribution is -1.98. The van der Waals surface area contributed by atoms with Gasteiger partial charge in [0.2, 0.25) is 0 Å². The van der Waals surface area contributed by atoms with Crippen LogP contribution < -0.4 is 0 Å². The van der Waals surface area contributed by atoms with Crippen molar-refractivity contribution in [3.05, 3.63) is 101 Å². The minimum absolute atomic E-state index is 0.0216. The Labute approximate surface area is 212 Å². The highest BCUT2D eigenvalue weighted by Crippen LogP contribution is 2.34. The Kier molecular flexibility index (Phi) is 6.95. The molecule has 0 aliphatic carbocycles. The molecule has 0 N–H and O–H groups in total. The maximum Gasteiger partial charge on any atom is 0.151 e. The molecule has 0 radical (unpaired) electrons. The van der Waals surface area contributed by atoms with Gasteiger partial charge in [-0.1, -0.05) is 6.08 Å². The molecule has 0 spiro atoms. The lowest BCUT2D eigenvalue weighted by Gasteiger charge is -2.12. The van der Waals surface area contributed by atoms with Gasteiger partial charge in [0, 0.05) is 11.8 Å². The van der Waals surface area contributed by atoms with Crippen LogP contribution in [0.2, 0.25) is 0 Å². The summed E-state index contributed by atoms with van der Waals surface area (Å²) in [7, 11) is 0. The van der Waals surface area contributed by atoms with E-state index in [0.717, 1.165) is 5.69 Å². The van der Waals surface area contributed by atoms with Crippen LogP contribution in [-0.2, 0) is 0 Å². The average Bonchev–Trinajstić information content (AvgIpc) is 3.69. The van der Waals surface area contributed by atoms with E-state index in [1.807, 2.05) is 28.8 Å². The number of hydrogen-bond donors (Lipinski definition) is 0. The average molecular weight is 478 g/mol. The Balaban J connectivity index is 1.79. The van der Waals surface area contributed by atoms with Gasteiger partial charge in [0.25, 0.3) is 0 Å². The lowest BCUT2D eigenvalue weighted by molar-refractivity contribution is 0.563. The topological polar surface area (TPSA) is 150 Å². The molecule has 0 unspecified atom stereocenters. The SMILES string of the molecule is N#CC(C#N)=C/C=C/c1ccc(-c2ccc(-c3ccc(C=C(C#N)C#N)o3)n2-c2ccc(C#N)cc2)o1. The maximum atomic E-state index is 9.19. The van der Waals surface area contributed by atoms with Crippen LogP contribution in [0.25, 0.3) is 40.7 Å². The molecule has 172 valence electrons. The first kappa shape index (κ1) is 23.9. The summed E-state index contributed by atoms with van der Waals surface area (Å²) in [5.74, 6) is 1.91. The third-order valence-electron chi connectivity index (χ3n) is 5.19. The Morgan fingerprint density at radius 3 is 1.78 bits per heavy atom. The predicted molar refractivity (Wildman–Crippen MR) is 133 cm³/mol. The zero-order valence-corrected chi connectivity index (χ0v) is 19.1. The Bertz CT molecular complexity index is 1740. The van der Waals surface area contributed by atoms with E-state index in [9.17, 15) is 5.26 Å². The Hall–Kier alpha value is -6.27. The van der Waals surface area contributed by atoms with E-state index in [1.165, 1.54) is 12.2 Å². The number of aromatic nitrogens is 1. The van der Waals surface area contributed by atoms with Crippen LogP contribution in [0.3, 0.4) is 0 Å². The summed E-state index contributed by atoms with van der Waals surface area (Å²) in [6, 6.07) is 27.0. The van der Waals surface area contributed by atoms with Crippen molar-refractivity contribution >= 4 is 12.2 Å². The van der Waals surface area contributed by atoms with E-state index < -0.39 is 0 Å². The smallest absolute Gasteiger partial charge is 0.151 e. The quantitative estimate of drug-likeness (QED) is 0.233. The van der Waals surface area contributed by atoms with Gasteiger partial charge in [-0.15, -0.1) is 0 Å². The molecular weight excluding hydrogens is 464 g/mol. The van der Waals surface area contributed by atoms with Crippen LogP contribution in [0.1, 0.15) is 17.1 Å². The normalized spacial score (nSPS) is 9.92. The van der Waals surface area contributed by atoms with E-state index in [-0.39, 0.29) is 11.1 Å². The number of nitriles is 5. The standard InChI is InChI=1S/C29H14N6O2/c30-15-20-4-6-23(7-5-20)35-26(28-12-8-24(36-28)3-1-2-21(16-31)17-32)10-11-27(35)29-13-9-25(37-29)14-22(18-33)19-34/h1-14H/b3-1+. The Morgan fingerprint density at radius 2 is 1.22 bits per heavy atom. The van der Waals surface area contributed by atoms with Crippen LogP contribution in [0.15, 0.2) is 92.8 Å². The summed E-state index contributed by atoms with van der Waals surface area (Å²) in [6.07, 6.45) is 5.96. The fourth-order valence-electron chi connectivity index (χ4n) is 3.50. The number of benzene rings is 1. The van der Waals surface area contributed by atoms with Crippen molar-refractivity contribution in [1.82, 2.24) is 4.57 Å². The zero-order chi connectivity index (χ0) is 26.2. The van der Waals surface area contributed by atoms with Crippen molar-refractivity contribution < 1.29 is 8.83 Å². The monoisotopic (exact) mass is 478 g/mol. The van der Waals surface area contributed by atoms with Gasteiger partial charge < -0.3 is 13.4 Å². The molecule has 0 aliphatic rings. The fraction of sp³-hybridized carbons (Fsp3) is 0. The molecule has 4 rings (SSSR count). The van der Waals surface area contributed by atoms with Crippen LogP contribution in [0.4, 0.5) is 0 Å². The Morgan fingerprint density at radius 1 is 0.649 bits per heavy atom. The van der Waals surface area contributed by atoms with E-state index in [2.05, 4.69) is 6.07 Å². The van der Waals surface area contributed by atoms with Gasteiger partial charge in [0.05, 0.1) is 23.0 Å². The van der Waals surface area contributed by atoms with Crippen molar-refractivity contribution in [2.45, 2.75) is 0 Å². The molecule has 0 fully saturated rings. The maximum absolute atomic E-state index is 9.19. The number of furan rings is 2. The van der Waals surface area contributed by atoms with Crippen LogP contribution >= 0.6 is 0 Å². The largest absolute Gasteiger partial charge is 0.455 e. The molecule has 8 heteroatoms. The number of rotatable bonds is 6. The van der Waals surface area contributed by atoms with E-state index >= 15 is 0 Å². The van der Waals surface area contributed by atoms with Crippen LogP contribution in [0.5, 0.6) is 0 Å². The molecule has 0 amide bonds. The second-order valence-electron chi connectivity index (χ2n) is 7.45. The molecular formula is C29H14N6O2. The molecule has 3 heterocycles. The lowest BCUT2D eigenvalue weighted by atomic mass is 10.2. The minimum atomic E-state index is -0.0771. The van der Waals surface area contributed by atoms with Crippen molar-refractivity contribution in [1.29, 1.82) is 26.3 Å². The molecule has 0 bridgehead atoms. The molecule has 0 saturated carbocycles. The first-order valence-electron chi connectivity index (χ1n) is 10.7. The fourth-order valence-corrected chi connectivity index (χ4v) is 3.50.